The number of nitro benzene ring substituents is 1. The van der Waals surface area contributed by atoms with Crippen LogP contribution in [0.25, 0.3) is 0 Å². The number of carbonyl (C=O) groups is 1. The van der Waals surface area contributed by atoms with Gasteiger partial charge in [0.25, 0.3) is 11.6 Å². The molecular formula is C18H21N3O4. The lowest BCUT2D eigenvalue weighted by molar-refractivity contribution is -0.384. The molecule has 0 unspecified atom stereocenters. The van der Waals surface area contributed by atoms with E-state index in [2.05, 4.69) is 5.32 Å². The molecule has 0 heterocycles. The molecule has 0 bridgehead atoms. The van der Waals surface area contributed by atoms with Gasteiger partial charge in [-0.1, -0.05) is 17.7 Å². The maximum absolute atomic E-state index is 12.6. The van der Waals surface area contributed by atoms with Gasteiger partial charge in [0, 0.05) is 31.9 Å². The molecule has 0 aliphatic heterocycles. The predicted molar refractivity (Wildman–Crippen MR) is 96.3 cm³/mol. The third kappa shape index (κ3) is 4.69. The Morgan fingerprint density at radius 3 is 2.52 bits per heavy atom. The minimum absolute atomic E-state index is 0.119. The molecule has 0 saturated carbocycles. The van der Waals surface area contributed by atoms with Crippen LogP contribution in [0.2, 0.25) is 0 Å². The molecular weight excluding hydrogens is 322 g/mol. The zero-order valence-electron chi connectivity index (χ0n) is 14.5. The zero-order valence-corrected chi connectivity index (χ0v) is 14.5. The largest absolute Gasteiger partial charge is 0.492 e. The number of nitro groups is 1. The lowest BCUT2D eigenvalue weighted by Crippen LogP contribution is -2.31. The molecule has 0 fully saturated rings. The monoisotopic (exact) mass is 343 g/mol. The van der Waals surface area contributed by atoms with Gasteiger partial charge in [-0.15, -0.1) is 0 Å². The molecule has 1 N–H and O–H groups in total. The highest BCUT2D eigenvalue weighted by atomic mass is 16.6. The Hall–Kier alpha value is -3.09. The lowest BCUT2D eigenvalue weighted by atomic mass is 10.1. The van der Waals surface area contributed by atoms with Crippen LogP contribution in [0.3, 0.4) is 0 Å². The fourth-order valence-electron chi connectivity index (χ4n) is 2.28. The number of rotatable bonds is 7. The van der Waals surface area contributed by atoms with Crippen molar-refractivity contribution >= 4 is 17.3 Å². The van der Waals surface area contributed by atoms with E-state index < -0.39 is 4.92 Å². The van der Waals surface area contributed by atoms with Crippen molar-refractivity contribution in [2.24, 2.45) is 0 Å². The van der Waals surface area contributed by atoms with E-state index in [0.29, 0.717) is 18.8 Å². The standard InChI is InChI=1S/C18H21N3O4/c1-13-4-7-15(8-5-13)25-11-10-20(3)18(22)16-12-14(21(23)24)6-9-17(16)19-2/h4-9,12,19H,10-11H2,1-3H3. The SMILES string of the molecule is CNc1ccc([N+](=O)[O-])cc1C(=O)N(C)CCOc1ccc(C)cc1. The van der Waals surface area contributed by atoms with Crippen molar-refractivity contribution in [2.75, 3.05) is 32.6 Å². The van der Waals surface area contributed by atoms with Crippen LogP contribution >= 0.6 is 0 Å². The third-order valence-corrected chi connectivity index (χ3v) is 3.78. The van der Waals surface area contributed by atoms with Crippen molar-refractivity contribution < 1.29 is 14.5 Å². The maximum atomic E-state index is 12.6. The van der Waals surface area contributed by atoms with Gasteiger partial charge < -0.3 is 15.0 Å². The first-order valence-electron chi connectivity index (χ1n) is 7.83. The molecule has 0 aliphatic carbocycles. The summed E-state index contributed by atoms with van der Waals surface area (Å²) in [6.07, 6.45) is 0. The number of carbonyl (C=O) groups excluding carboxylic acids is 1. The van der Waals surface area contributed by atoms with E-state index in [9.17, 15) is 14.9 Å². The summed E-state index contributed by atoms with van der Waals surface area (Å²) in [5.41, 5.74) is 1.83. The molecule has 2 aromatic rings. The molecule has 0 aromatic heterocycles. The second-order valence-electron chi connectivity index (χ2n) is 5.63. The van der Waals surface area contributed by atoms with Crippen molar-refractivity contribution in [3.8, 4) is 5.75 Å². The molecule has 132 valence electrons. The first kappa shape index (κ1) is 18.3. The molecule has 2 rings (SSSR count). The Kier molecular flexibility index (Phi) is 5.94. The van der Waals surface area contributed by atoms with Crippen LogP contribution in [-0.2, 0) is 0 Å². The number of nitrogens with zero attached hydrogens (tertiary/aromatic N) is 2. The first-order valence-corrected chi connectivity index (χ1v) is 7.83. The Labute approximate surface area is 146 Å². The summed E-state index contributed by atoms with van der Waals surface area (Å²) < 4.78 is 5.62. The smallest absolute Gasteiger partial charge is 0.270 e. The van der Waals surface area contributed by atoms with Gasteiger partial charge in [-0.2, -0.15) is 0 Å². The summed E-state index contributed by atoms with van der Waals surface area (Å²) in [6.45, 7) is 2.68. The Balaban J connectivity index is 2.02. The number of benzene rings is 2. The van der Waals surface area contributed by atoms with Crippen LogP contribution in [0.15, 0.2) is 42.5 Å². The van der Waals surface area contributed by atoms with E-state index in [0.717, 1.165) is 11.3 Å². The number of hydrogen-bond donors (Lipinski definition) is 1. The van der Waals surface area contributed by atoms with Crippen molar-refractivity contribution in [1.82, 2.24) is 4.90 Å². The molecule has 25 heavy (non-hydrogen) atoms. The van der Waals surface area contributed by atoms with Gasteiger partial charge in [-0.3, -0.25) is 14.9 Å². The van der Waals surface area contributed by atoms with Crippen LogP contribution in [0.1, 0.15) is 15.9 Å². The molecule has 7 heteroatoms. The highest BCUT2D eigenvalue weighted by Crippen LogP contribution is 2.23. The number of non-ortho nitro benzene ring substituents is 1. The van der Waals surface area contributed by atoms with Gasteiger partial charge in [0.2, 0.25) is 0 Å². The molecule has 0 saturated heterocycles. The van der Waals surface area contributed by atoms with Gasteiger partial charge in [-0.05, 0) is 25.1 Å². The van der Waals surface area contributed by atoms with E-state index in [1.807, 2.05) is 31.2 Å². The van der Waals surface area contributed by atoms with Gasteiger partial charge in [0.15, 0.2) is 0 Å². The summed E-state index contributed by atoms with van der Waals surface area (Å²) in [5, 5.41) is 13.8. The topological polar surface area (TPSA) is 84.7 Å². The Morgan fingerprint density at radius 2 is 1.92 bits per heavy atom. The lowest BCUT2D eigenvalue weighted by Gasteiger charge is -2.19. The number of ether oxygens (including phenoxy) is 1. The van der Waals surface area contributed by atoms with Crippen molar-refractivity contribution in [2.45, 2.75) is 6.92 Å². The summed E-state index contributed by atoms with van der Waals surface area (Å²) in [7, 11) is 3.30. The van der Waals surface area contributed by atoms with E-state index in [4.69, 9.17) is 4.74 Å². The van der Waals surface area contributed by atoms with Crippen molar-refractivity contribution in [3.63, 3.8) is 0 Å². The Bertz CT molecular complexity index is 759. The van der Waals surface area contributed by atoms with E-state index in [1.54, 1.807) is 14.1 Å². The average molecular weight is 343 g/mol. The Morgan fingerprint density at radius 1 is 1.24 bits per heavy atom. The third-order valence-electron chi connectivity index (χ3n) is 3.78. The molecule has 1 amide bonds. The van der Waals surface area contributed by atoms with Gasteiger partial charge in [0.1, 0.15) is 12.4 Å². The van der Waals surface area contributed by atoms with Crippen LogP contribution in [0.4, 0.5) is 11.4 Å². The molecule has 0 atom stereocenters. The summed E-state index contributed by atoms with van der Waals surface area (Å²) in [6, 6.07) is 11.8. The van der Waals surface area contributed by atoms with Crippen LogP contribution in [0.5, 0.6) is 5.75 Å². The van der Waals surface area contributed by atoms with E-state index >= 15 is 0 Å². The molecule has 0 radical (unpaired) electrons. The van der Waals surface area contributed by atoms with E-state index in [-0.39, 0.29) is 17.2 Å². The number of nitrogens with one attached hydrogen (secondary N) is 1. The molecule has 0 aliphatic rings. The van der Waals surface area contributed by atoms with E-state index in [1.165, 1.54) is 23.1 Å². The van der Waals surface area contributed by atoms with Gasteiger partial charge >= 0.3 is 0 Å². The highest BCUT2D eigenvalue weighted by Gasteiger charge is 2.19. The highest BCUT2D eigenvalue weighted by molar-refractivity contribution is 6.00. The minimum atomic E-state index is -0.517. The number of amides is 1. The molecule has 7 nitrogen and oxygen atoms in total. The van der Waals surface area contributed by atoms with Gasteiger partial charge in [0.05, 0.1) is 17.0 Å². The zero-order chi connectivity index (χ0) is 18.4. The summed E-state index contributed by atoms with van der Waals surface area (Å²) in [4.78, 5) is 24.5. The second kappa shape index (κ2) is 8.14. The number of aryl methyl sites for hydroxylation is 1. The summed E-state index contributed by atoms with van der Waals surface area (Å²) in [5.74, 6) is 0.429. The second-order valence-corrected chi connectivity index (χ2v) is 5.63. The van der Waals surface area contributed by atoms with Gasteiger partial charge in [-0.25, -0.2) is 0 Å². The average Bonchev–Trinajstić information content (AvgIpc) is 2.62. The first-order chi connectivity index (χ1) is 11.9. The fraction of sp³-hybridized carbons (Fsp3) is 0.278. The number of anilines is 1. The quantitative estimate of drug-likeness (QED) is 0.617. The molecule has 0 spiro atoms. The number of hydrogen-bond acceptors (Lipinski definition) is 5. The van der Waals surface area contributed by atoms with Crippen LogP contribution in [-0.4, -0.2) is 43.0 Å². The normalized spacial score (nSPS) is 10.2. The van der Waals surface area contributed by atoms with Crippen LogP contribution in [0, 0.1) is 17.0 Å². The predicted octanol–water partition coefficient (Wildman–Crippen LogP) is 3.10. The minimum Gasteiger partial charge on any atom is -0.492 e. The van der Waals surface area contributed by atoms with Crippen molar-refractivity contribution in [1.29, 1.82) is 0 Å². The number of likely N-dealkylation sites (N-methyl/N-ethyl adjacent to an activating group) is 1. The summed E-state index contributed by atoms with van der Waals surface area (Å²) >= 11 is 0. The fourth-order valence-corrected chi connectivity index (χ4v) is 2.28. The van der Waals surface area contributed by atoms with Crippen LogP contribution < -0.4 is 10.1 Å². The maximum Gasteiger partial charge on any atom is 0.270 e. The molecule has 2 aromatic carbocycles. The van der Waals surface area contributed by atoms with Crippen molar-refractivity contribution in [3.05, 3.63) is 63.7 Å².